The standard InChI is InChI=1S/C24H30N6O/c1-29(2)23(31)18-27-24(25-15-13-20-9-4-3-5-10-20)26-17-21-11-6-7-12-22(21)19-30-16-8-14-28-30/h3-12,14,16H,13,15,17-19H2,1-2H3,(H2,25,26,27). The van der Waals surface area contributed by atoms with E-state index in [0.717, 1.165) is 18.5 Å². The minimum Gasteiger partial charge on any atom is -0.356 e. The van der Waals surface area contributed by atoms with Crippen molar-refractivity contribution in [3.8, 4) is 0 Å². The maximum Gasteiger partial charge on any atom is 0.241 e. The van der Waals surface area contributed by atoms with Crippen LogP contribution in [0.5, 0.6) is 0 Å². The molecule has 0 unspecified atom stereocenters. The number of guanidine groups is 1. The summed E-state index contributed by atoms with van der Waals surface area (Å²) >= 11 is 0. The number of carbonyl (C=O) groups is 1. The highest BCUT2D eigenvalue weighted by Crippen LogP contribution is 2.11. The first kappa shape index (κ1) is 22.1. The van der Waals surface area contributed by atoms with E-state index in [1.807, 2.05) is 47.3 Å². The molecule has 0 bridgehead atoms. The Balaban J connectivity index is 1.66. The van der Waals surface area contributed by atoms with E-state index in [1.165, 1.54) is 11.1 Å². The van der Waals surface area contributed by atoms with Crippen molar-refractivity contribution in [1.82, 2.24) is 25.3 Å². The molecule has 3 rings (SSSR count). The number of carbonyl (C=O) groups excluding carboxylic acids is 1. The number of rotatable bonds is 9. The molecular weight excluding hydrogens is 388 g/mol. The third-order valence-electron chi connectivity index (χ3n) is 4.87. The van der Waals surface area contributed by atoms with Gasteiger partial charge < -0.3 is 15.5 Å². The molecule has 0 aliphatic carbocycles. The lowest BCUT2D eigenvalue weighted by molar-refractivity contribution is -0.127. The van der Waals surface area contributed by atoms with Crippen LogP contribution in [0.3, 0.4) is 0 Å². The highest BCUT2D eigenvalue weighted by molar-refractivity contribution is 5.86. The van der Waals surface area contributed by atoms with E-state index in [4.69, 9.17) is 4.99 Å². The van der Waals surface area contributed by atoms with Crippen LogP contribution in [-0.4, -0.2) is 53.7 Å². The van der Waals surface area contributed by atoms with Crippen LogP contribution in [0, 0.1) is 0 Å². The van der Waals surface area contributed by atoms with Crippen LogP contribution in [0.4, 0.5) is 0 Å². The molecule has 1 aromatic heterocycles. The van der Waals surface area contributed by atoms with Crippen molar-refractivity contribution >= 4 is 11.9 Å². The van der Waals surface area contributed by atoms with Gasteiger partial charge in [0.1, 0.15) is 0 Å². The van der Waals surface area contributed by atoms with Crippen molar-refractivity contribution in [2.75, 3.05) is 27.2 Å². The molecule has 7 nitrogen and oxygen atoms in total. The molecule has 0 radical (unpaired) electrons. The Kier molecular flexibility index (Phi) is 8.22. The van der Waals surface area contributed by atoms with E-state index in [-0.39, 0.29) is 12.5 Å². The molecule has 7 heteroatoms. The number of likely N-dealkylation sites (N-methyl/N-ethyl adjacent to an activating group) is 1. The summed E-state index contributed by atoms with van der Waals surface area (Å²) < 4.78 is 1.90. The average Bonchev–Trinajstić information content (AvgIpc) is 3.29. The number of nitrogens with one attached hydrogen (secondary N) is 2. The van der Waals surface area contributed by atoms with E-state index in [0.29, 0.717) is 19.0 Å². The normalized spacial score (nSPS) is 11.2. The van der Waals surface area contributed by atoms with Gasteiger partial charge in [-0.25, -0.2) is 4.99 Å². The molecule has 0 fully saturated rings. The average molecular weight is 419 g/mol. The van der Waals surface area contributed by atoms with Crippen LogP contribution in [0.2, 0.25) is 0 Å². The van der Waals surface area contributed by atoms with Gasteiger partial charge in [-0.15, -0.1) is 0 Å². The van der Waals surface area contributed by atoms with E-state index < -0.39 is 0 Å². The van der Waals surface area contributed by atoms with Crippen LogP contribution in [0.15, 0.2) is 78.0 Å². The molecule has 0 saturated carbocycles. The maximum absolute atomic E-state index is 12.0. The van der Waals surface area contributed by atoms with Gasteiger partial charge >= 0.3 is 0 Å². The highest BCUT2D eigenvalue weighted by atomic mass is 16.2. The first-order valence-electron chi connectivity index (χ1n) is 10.4. The van der Waals surface area contributed by atoms with E-state index in [1.54, 1.807) is 25.2 Å². The zero-order chi connectivity index (χ0) is 21.9. The summed E-state index contributed by atoms with van der Waals surface area (Å²) in [6.45, 7) is 2.12. The molecule has 0 atom stereocenters. The smallest absolute Gasteiger partial charge is 0.241 e. The maximum atomic E-state index is 12.0. The molecule has 2 aromatic carbocycles. The van der Waals surface area contributed by atoms with E-state index in [9.17, 15) is 4.79 Å². The first-order chi connectivity index (χ1) is 15.1. The molecule has 1 amide bonds. The number of hydrogen-bond donors (Lipinski definition) is 2. The number of benzene rings is 2. The van der Waals surface area contributed by atoms with Gasteiger partial charge in [-0.05, 0) is 29.2 Å². The lowest BCUT2D eigenvalue weighted by Crippen LogP contribution is -2.43. The minimum atomic E-state index is -0.00311. The Bertz CT molecular complexity index is 967. The fourth-order valence-electron chi connectivity index (χ4n) is 3.06. The number of aliphatic imine (C=N–C) groups is 1. The fourth-order valence-corrected chi connectivity index (χ4v) is 3.06. The number of aromatic nitrogens is 2. The topological polar surface area (TPSA) is 74.5 Å². The number of nitrogens with zero attached hydrogens (tertiary/aromatic N) is 4. The predicted octanol–water partition coefficient (Wildman–Crippen LogP) is 2.30. The molecule has 31 heavy (non-hydrogen) atoms. The molecule has 1 heterocycles. The Hall–Kier alpha value is -3.61. The van der Waals surface area contributed by atoms with Gasteiger partial charge in [-0.1, -0.05) is 54.6 Å². The summed E-state index contributed by atoms with van der Waals surface area (Å²) in [7, 11) is 3.49. The van der Waals surface area contributed by atoms with Crippen molar-refractivity contribution in [2.45, 2.75) is 19.5 Å². The first-order valence-corrected chi connectivity index (χ1v) is 10.4. The van der Waals surface area contributed by atoms with Crippen molar-refractivity contribution in [2.24, 2.45) is 4.99 Å². The zero-order valence-electron chi connectivity index (χ0n) is 18.2. The molecule has 2 N–H and O–H groups in total. The van der Waals surface area contributed by atoms with Gasteiger partial charge in [0.05, 0.1) is 19.6 Å². The SMILES string of the molecule is CN(C)C(=O)CNC(=NCc1ccccc1Cn1cccn1)NCCc1ccccc1. The van der Waals surface area contributed by atoms with Crippen LogP contribution in [-0.2, 0) is 24.3 Å². The zero-order valence-corrected chi connectivity index (χ0v) is 18.2. The quantitative estimate of drug-likeness (QED) is 0.413. The summed E-state index contributed by atoms with van der Waals surface area (Å²) in [5, 5.41) is 10.8. The van der Waals surface area contributed by atoms with Gasteiger partial charge in [0.25, 0.3) is 0 Å². The third-order valence-corrected chi connectivity index (χ3v) is 4.87. The Morgan fingerprint density at radius 3 is 2.45 bits per heavy atom. The van der Waals surface area contributed by atoms with Gasteiger partial charge in [0.15, 0.2) is 5.96 Å². The van der Waals surface area contributed by atoms with Crippen molar-refractivity contribution in [3.63, 3.8) is 0 Å². The summed E-state index contributed by atoms with van der Waals surface area (Å²) in [6.07, 6.45) is 4.60. The van der Waals surface area contributed by atoms with Gasteiger partial charge in [0.2, 0.25) is 5.91 Å². The fraction of sp³-hybridized carbons (Fsp3) is 0.292. The minimum absolute atomic E-state index is 0.00311. The molecular formula is C24H30N6O. The molecule has 0 aliphatic heterocycles. The summed E-state index contributed by atoms with van der Waals surface area (Å²) in [5.74, 6) is 0.622. The Morgan fingerprint density at radius 1 is 1.00 bits per heavy atom. The van der Waals surface area contributed by atoms with Crippen LogP contribution < -0.4 is 10.6 Å². The predicted molar refractivity (Wildman–Crippen MR) is 124 cm³/mol. The summed E-state index contributed by atoms with van der Waals surface area (Å²) in [6, 6.07) is 20.4. The summed E-state index contributed by atoms with van der Waals surface area (Å²) in [5.41, 5.74) is 3.55. The van der Waals surface area contributed by atoms with Crippen molar-refractivity contribution in [1.29, 1.82) is 0 Å². The largest absolute Gasteiger partial charge is 0.356 e. The van der Waals surface area contributed by atoms with E-state index >= 15 is 0 Å². The second-order valence-electron chi connectivity index (χ2n) is 7.44. The Morgan fingerprint density at radius 2 is 1.74 bits per heavy atom. The monoisotopic (exact) mass is 418 g/mol. The molecule has 0 aliphatic rings. The molecule has 0 saturated heterocycles. The summed E-state index contributed by atoms with van der Waals surface area (Å²) in [4.78, 5) is 18.3. The van der Waals surface area contributed by atoms with Crippen molar-refractivity contribution < 1.29 is 4.79 Å². The molecule has 0 spiro atoms. The lowest BCUT2D eigenvalue weighted by Gasteiger charge is -2.15. The van der Waals surface area contributed by atoms with Gasteiger partial charge in [-0.2, -0.15) is 5.10 Å². The highest BCUT2D eigenvalue weighted by Gasteiger charge is 2.07. The van der Waals surface area contributed by atoms with E-state index in [2.05, 4.69) is 40.0 Å². The lowest BCUT2D eigenvalue weighted by atomic mass is 10.1. The van der Waals surface area contributed by atoms with Crippen LogP contribution in [0.25, 0.3) is 0 Å². The third kappa shape index (κ3) is 7.29. The van der Waals surface area contributed by atoms with Gasteiger partial charge in [-0.3, -0.25) is 9.48 Å². The van der Waals surface area contributed by atoms with Crippen LogP contribution >= 0.6 is 0 Å². The molecule has 162 valence electrons. The van der Waals surface area contributed by atoms with Gasteiger partial charge in [0, 0.05) is 33.0 Å². The molecule has 3 aromatic rings. The Labute approximate surface area is 183 Å². The number of hydrogen-bond acceptors (Lipinski definition) is 3. The van der Waals surface area contributed by atoms with Crippen molar-refractivity contribution in [3.05, 3.63) is 89.7 Å². The van der Waals surface area contributed by atoms with Crippen LogP contribution in [0.1, 0.15) is 16.7 Å². The number of amides is 1. The second-order valence-corrected chi connectivity index (χ2v) is 7.44. The second kappa shape index (κ2) is 11.5.